The number of nitrogens with zero attached hydrogens (tertiary/aromatic N) is 4. The maximum atomic E-state index is 12.5. The van der Waals surface area contributed by atoms with Crippen molar-refractivity contribution < 1.29 is 9.53 Å². The monoisotopic (exact) mass is 535 g/mol. The SMILES string of the molecule is CCc1c(-c2cn(C3(c4cc(C(C)(C)C)ccc4OC)CC(C(N)=O)=CC=C3C)cn2)cnn1-c1ccccc1. The molecule has 0 radical (unpaired) electrons. The van der Waals surface area contributed by atoms with Gasteiger partial charge in [-0.15, -0.1) is 0 Å². The number of amides is 1. The molecule has 1 aliphatic carbocycles. The molecule has 0 spiro atoms. The molecule has 4 aromatic rings. The zero-order chi connectivity index (χ0) is 28.7. The van der Waals surface area contributed by atoms with Crippen LogP contribution in [0, 0.1) is 0 Å². The normalized spacial score (nSPS) is 17.4. The van der Waals surface area contributed by atoms with Crippen LogP contribution in [-0.4, -0.2) is 32.3 Å². The van der Waals surface area contributed by atoms with E-state index in [0.717, 1.165) is 45.9 Å². The predicted octanol–water partition coefficient (Wildman–Crippen LogP) is 6.11. The minimum atomic E-state index is -0.765. The smallest absolute Gasteiger partial charge is 0.244 e. The first-order valence-corrected chi connectivity index (χ1v) is 13.6. The third-order valence-corrected chi connectivity index (χ3v) is 7.96. The predicted molar refractivity (Wildman–Crippen MR) is 159 cm³/mol. The van der Waals surface area contributed by atoms with Crippen molar-refractivity contribution in [3.8, 4) is 22.7 Å². The first-order valence-electron chi connectivity index (χ1n) is 13.6. The molecule has 2 aromatic heterocycles. The van der Waals surface area contributed by atoms with Crippen LogP contribution < -0.4 is 10.5 Å². The van der Waals surface area contributed by atoms with Crippen LogP contribution in [-0.2, 0) is 22.2 Å². The number of allylic oxidation sites excluding steroid dienone is 3. The van der Waals surface area contributed by atoms with Crippen molar-refractivity contribution in [1.29, 1.82) is 0 Å². The number of para-hydroxylation sites is 1. The molecule has 1 unspecified atom stereocenters. The molecule has 0 saturated carbocycles. The third kappa shape index (κ3) is 4.55. The fourth-order valence-corrected chi connectivity index (χ4v) is 5.64. The lowest BCUT2D eigenvalue weighted by Crippen LogP contribution is -2.40. The van der Waals surface area contributed by atoms with Crippen molar-refractivity contribution in [2.24, 2.45) is 5.73 Å². The van der Waals surface area contributed by atoms with Crippen LogP contribution in [0.1, 0.15) is 57.9 Å². The minimum absolute atomic E-state index is 0.0843. The minimum Gasteiger partial charge on any atom is -0.496 e. The first-order chi connectivity index (χ1) is 19.1. The van der Waals surface area contributed by atoms with Crippen molar-refractivity contribution in [3.05, 3.63) is 107 Å². The number of carbonyl (C=O) groups excluding carboxylic acids is 1. The van der Waals surface area contributed by atoms with E-state index in [0.29, 0.717) is 12.0 Å². The van der Waals surface area contributed by atoms with Gasteiger partial charge in [0.25, 0.3) is 0 Å². The Hall–Kier alpha value is -4.39. The van der Waals surface area contributed by atoms with Crippen molar-refractivity contribution in [3.63, 3.8) is 0 Å². The number of nitrogens with two attached hydrogens (primary N) is 1. The highest BCUT2D eigenvalue weighted by molar-refractivity contribution is 5.93. The van der Waals surface area contributed by atoms with Gasteiger partial charge in [-0.3, -0.25) is 4.79 Å². The molecule has 0 saturated heterocycles. The van der Waals surface area contributed by atoms with Crippen LogP contribution in [0.4, 0.5) is 0 Å². The molecule has 5 rings (SSSR count). The van der Waals surface area contributed by atoms with Gasteiger partial charge in [0, 0.05) is 29.3 Å². The highest BCUT2D eigenvalue weighted by Gasteiger charge is 2.42. The van der Waals surface area contributed by atoms with E-state index in [2.05, 4.69) is 57.5 Å². The summed E-state index contributed by atoms with van der Waals surface area (Å²) in [6, 6.07) is 16.4. The molecular formula is C33H37N5O2. The summed E-state index contributed by atoms with van der Waals surface area (Å²) in [4.78, 5) is 17.4. The largest absolute Gasteiger partial charge is 0.496 e. The molecule has 2 aromatic carbocycles. The lowest BCUT2D eigenvalue weighted by atomic mass is 9.72. The third-order valence-electron chi connectivity index (χ3n) is 7.96. The van der Waals surface area contributed by atoms with Gasteiger partial charge in [-0.25, -0.2) is 9.67 Å². The van der Waals surface area contributed by atoms with E-state index in [4.69, 9.17) is 20.6 Å². The van der Waals surface area contributed by atoms with E-state index in [-0.39, 0.29) is 5.41 Å². The lowest BCUT2D eigenvalue weighted by molar-refractivity contribution is -0.114. The number of primary amides is 1. The maximum Gasteiger partial charge on any atom is 0.244 e. The molecule has 7 nitrogen and oxygen atoms in total. The van der Waals surface area contributed by atoms with E-state index in [1.54, 1.807) is 7.11 Å². The Morgan fingerprint density at radius 1 is 1.12 bits per heavy atom. The number of benzene rings is 2. The van der Waals surface area contributed by atoms with Gasteiger partial charge in [-0.05, 0) is 54.2 Å². The maximum absolute atomic E-state index is 12.5. The van der Waals surface area contributed by atoms with E-state index >= 15 is 0 Å². The van der Waals surface area contributed by atoms with Gasteiger partial charge in [0.15, 0.2) is 0 Å². The molecule has 0 aliphatic heterocycles. The average molecular weight is 536 g/mol. The summed E-state index contributed by atoms with van der Waals surface area (Å²) in [7, 11) is 1.68. The molecule has 206 valence electrons. The molecule has 0 bridgehead atoms. The quantitative estimate of drug-likeness (QED) is 0.309. The van der Waals surface area contributed by atoms with Gasteiger partial charge in [-0.2, -0.15) is 5.10 Å². The average Bonchev–Trinajstić information content (AvgIpc) is 3.60. The molecule has 0 fully saturated rings. The molecule has 2 N–H and O–H groups in total. The van der Waals surface area contributed by atoms with Crippen LogP contribution in [0.3, 0.4) is 0 Å². The number of aromatic nitrogens is 4. The molecule has 1 atom stereocenters. The summed E-state index contributed by atoms with van der Waals surface area (Å²) in [5.74, 6) is 0.310. The number of hydrogen-bond donors (Lipinski definition) is 1. The summed E-state index contributed by atoms with van der Waals surface area (Å²) in [6.45, 7) is 10.8. The van der Waals surface area contributed by atoms with E-state index in [1.807, 2.05) is 65.8 Å². The molecule has 7 heteroatoms. The van der Waals surface area contributed by atoms with Gasteiger partial charge in [0.05, 0.1) is 42.2 Å². The van der Waals surface area contributed by atoms with Crippen molar-refractivity contribution in [1.82, 2.24) is 19.3 Å². The Kier molecular flexibility index (Phi) is 7.00. The summed E-state index contributed by atoms with van der Waals surface area (Å²) < 4.78 is 10.0. The summed E-state index contributed by atoms with van der Waals surface area (Å²) in [6.07, 6.45) is 10.8. The molecule has 40 heavy (non-hydrogen) atoms. The molecule has 1 amide bonds. The number of hydrogen-bond acceptors (Lipinski definition) is 4. The fraction of sp³-hybridized carbons (Fsp3) is 0.303. The van der Waals surface area contributed by atoms with Crippen molar-refractivity contribution in [2.75, 3.05) is 7.11 Å². The number of imidazole rings is 1. The van der Waals surface area contributed by atoms with Crippen LogP contribution in [0.25, 0.3) is 16.9 Å². The van der Waals surface area contributed by atoms with E-state index in [9.17, 15) is 4.79 Å². The summed E-state index contributed by atoms with van der Waals surface area (Å²) in [5.41, 5.74) is 12.6. The topological polar surface area (TPSA) is 88.0 Å². The Morgan fingerprint density at radius 2 is 1.88 bits per heavy atom. The zero-order valence-electron chi connectivity index (χ0n) is 24.1. The van der Waals surface area contributed by atoms with Crippen LogP contribution in [0.15, 0.2) is 90.6 Å². The zero-order valence-corrected chi connectivity index (χ0v) is 24.1. The van der Waals surface area contributed by atoms with Crippen LogP contribution >= 0.6 is 0 Å². The molecule has 1 aliphatic rings. The Labute approximate surface area is 236 Å². The van der Waals surface area contributed by atoms with Gasteiger partial charge < -0.3 is 15.0 Å². The molecular weight excluding hydrogens is 498 g/mol. The van der Waals surface area contributed by atoms with E-state index in [1.165, 1.54) is 5.56 Å². The Bertz CT molecular complexity index is 1620. The number of rotatable bonds is 7. The van der Waals surface area contributed by atoms with Crippen LogP contribution in [0.2, 0.25) is 0 Å². The first kappa shape index (κ1) is 27.2. The standard InChI is InChI=1S/C33H37N5O2/c1-7-29-26(19-36-38(29)25-11-9-8-10-12-25)28-20-37(21-35-28)33(18-23(31(34)39)14-13-22(33)2)27-17-24(32(3,4)5)15-16-30(27)40-6/h8-17,19-21H,7,18H2,1-6H3,(H2,34,39). The Balaban J connectivity index is 1.72. The van der Waals surface area contributed by atoms with Gasteiger partial charge in [0.2, 0.25) is 5.91 Å². The second-order valence-electron chi connectivity index (χ2n) is 11.4. The second-order valence-corrected chi connectivity index (χ2v) is 11.4. The highest BCUT2D eigenvalue weighted by atomic mass is 16.5. The Morgan fingerprint density at radius 3 is 2.52 bits per heavy atom. The number of methoxy groups -OCH3 is 1. The highest BCUT2D eigenvalue weighted by Crippen LogP contribution is 2.47. The molecule has 2 heterocycles. The van der Waals surface area contributed by atoms with Crippen LogP contribution in [0.5, 0.6) is 5.75 Å². The number of carbonyl (C=O) groups is 1. The summed E-state index contributed by atoms with van der Waals surface area (Å²) >= 11 is 0. The second kappa shape index (κ2) is 10.3. The van der Waals surface area contributed by atoms with Gasteiger partial charge >= 0.3 is 0 Å². The summed E-state index contributed by atoms with van der Waals surface area (Å²) in [5, 5.41) is 4.71. The fourth-order valence-electron chi connectivity index (χ4n) is 5.64. The van der Waals surface area contributed by atoms with Gasteiger partial charge in [-0.1, -0.05) is 64.1 Å². The lowest BCUT2D eigenvalue weighted by Gasteiger charge is -2.40. The van der Waals surface area contributed by atoms with Crippen molar-refractivity contribution >= 4 is 5.91 Å². The van der Waals surface area contributed by atoms with E-state index < -0.39 is 11.4 Å². The van der Waals surface area contributed by atoms with Crippen molar-refractivity contribution in [2.45, 2.75) is 58.4 Å². The van der Waals surface area contributed by atoms with Gasteiger partial charge in [0.1, 0.15) is 5.75 Å². The number of ether oxygens (including phenoxy) is 1.